The summed E-state index contributed by atoms with van der Waals surface area (Å²) in [7, 11) is 1.53. The van der Waals surface area contributed by atoms with Crippen LogP contribution in [0.3, 0.4) is 0 Å². The van der Waals surface area contributed by atoms with Crippen molar-refractivity contribution >= 4 is 51.2 Å². The van der Waals surface area contributed by atoms with E-state index >= 15 is 0 Å². The summed E-state index contributed by atoms with van der Waals surface area (Å²) < 4.78 is 5.23. The molecule has 52 heavy (non-hydrogen) atoms. The van der Waals surface area contributed by atoms with E-state index in [4.69, 9.17) is 4.74 Å². The van der Waals surface area contributed by atoms with E-state index in [-0.39, 0.29) is 56.2 Å². The Morgan fingerprint density at radius 2 is 1.15 bits per heavy atom. The fourth-order valence-corrected chi connectivity index (χ4v) is 7.35. The van der Waals surface area contributed by atoms with Crippen molar-refractivity contribution < 1.29 is 45.0 Å². The van der Waals surface area contributed by atoms with Gasteiger partial charge in [-0.05, 0) is 84.8 Å². The number of hydrazone groups is 1. The van der Waals surface area contributed by atoms with Crippen molar-refractivity contribution in [1.29, 1.82) is 0 Å². The number of aldehydes is 1. The number of hydrogen-bond acceptors (Lipinski definition) is 10. The third-order valence-corrected chi connectivity index (χ3v) is 9.78. The number of ether oxygens (including phenoxy) is 1. The summed E-state index contributed by atoms with van der Waals surface area (Å²) >= 11 is 0. The van der Waals surface area contributed by atoms with Crippen molar-refractivity contribution in [3.63, 3.8) is 0 Å². The van der Waals surface area contributed by atoms with Crippen LogP contribution in [0, 0.1) is 13.8 Å². The molecule has 6 N–H and O–H groups in total. The summed E-state index contributed by atoms with van der Waals surface area (Å²) in [6.45, 7) is 12.3. The van der Waals surface area contributed by atoms with E-state index in [1.54, 1.807) is 71.0 Å². The van der Waals surface area contributed by atoms with Crippen molar-refractivity contribution in [3.05, 3.63) is 75.4 Å². The van der Waals surface area contributed by atoms with Gasteiger partial charge in [0.15, 0.2) is 29.3 Å². The molecule has 0 radical (unpaired) electrons. The van der Waals surface area contributed by atoms with E-state index in [1.165, 1.54) is 18.2 Å². The molecule has 1 heterocycles. The molecule has 0 aliphatic carbocycles. The molecule has 11 nitrogen and oxygen atoms in total. The predicted octanol–water partition coefficient (Wildman–Crippen LogP) is 8.38. The number of carbonyl (C=O) groups is 2. The lowest BCUT2D eigenvalue weighted by atomic mass is 9.83. The Hall–Kier alpha value is -6.23. The van der Waals surface area contributed by atoms with E-state index in [2.05, 4.69) is 5.10 Å². The van der Waals surface area contributed by atoms with Crippen LogP contribution in [0.2, 0.25) is 0 Å². The van der Waals surface area contributed by atoms with Gasteiger partial charge in [0.05, 0.1) is 29.6 Å². The van der Waals surface area contributed by atoms with Gasteiger partial charge >= 0.3 is 0 Å². The number of rotatable bonds is 7. The second-order valence-corrected chi connectivity index (χ2v) is 13.7. The van der Waals surface area contributed by atoms with Gasteiger partial charge in [0.2, 0.25) is 0 Å². The molecule has 0 saturated heterocycles. The summed E-state index contributed by atoms with van der Waals surface area (Å²) in [6.07, 6.45) is 1.73. The Morgan fingerprint density at radius 1 is 0.692 bits per heavy atom. The molecule has 6 rings (SSSR count). The number of aromatic hydroxyl groups is 6. The van der Waals surface area contributed by atoms with Gasteiger partial charge in [0.1, 0.15) is 17.2 Å². The van der Waals surface area contributed by atoms with E-state index in [0.29, 0.717) is 56.5 Å². The van der Waals surface area contributed by atoms with Gasteiger partial charge in [-0.1, -0.05) is 39.8 Å². The molecule has 0 saturated carbocycles. The second-order valence-electron chi connectivity index (χ2n) is 13.7. The van der Waals surface area contributed by atoms with Crippen LogP contribution in [0.15, 0.2) is 47.1 Å². The maximum absolute atomic E-state index is 13.8. The molecule has 0 aromatic heterocycles. The monoisotopic (exact) mass is 704 g/mol. The Balaban J connectivity index is 1.69. The van der Waals surface area contributed by atoms with Crippen molar-refractivity contribution in [1.82, 2.24) is 0 Å². The Labute approximate surface area is 300 Å². The van der Waals surface area contributed by atoms with Crippen LogP contribution in [0.1, 0.15) is 84.6 Å². The lowest BCUT2D eigenvalue weighted by molar-refractivity contribution is -0.114. The average molecular weight is 705 g/mol. The fraction of sp³-hybridized carbons (Fsp3) is 0.244. The van der Waals surface area contributed by atoms with Crippen molar-refractivity contribution in [3.8, 4) is 51.4 Å². The van der Waals surface area contributed by atoms with Crippen molar-refractivity contribution in [2.75, 3.05) is 12.1 Å². The normalized spacial score (nSPS) is 14.0. The first-order chi connectivity index (χ1) is 24.5. The third kappa shape index (κ3) is 5.23. The number of amides is 1. The van der Waals surface area contributed by atoms with E-state index in [9.17, 15) is 40.2 Å². The van der Waals surface area contributed by atoms with Gasteiger partial charge in [0.25, 0.3) is 5.91 Å². The minimum absolute atomic E-state index is 0.00530. The Morgan fingerprint density at radius 3 is 1.60 bits per heavy atom. The lowest BCUT2D eigenvalue weighted by Crippen LogP contribution is -2.21. The highest BCUT2D eigenvalue weighted by Gasteiger charge is 2.33. The van der Waals surface area contributed by atoms with Gasteiger partial charge in [0, 0.05) is 38.6 Å². The SMILES string of the molecule is COc1ccc(N2N=C(C)/C(=C/c3c(O)c(O)c(C(C)C)c4cc(C)c(-c5c(C)cc6c(C(C)C)c(O)c(O)c(C=O)c6c5O)c(O)c34)C2=O)cc1. The predicted molar refractivity (Wildman–Crippen MR) is 201 cm³/mol. The Bertz CT molecular complexity index is 2420. The lowest BCUT2D eigenvalue weighted by Gasteiger charge is -2.23. The summed E-state index contributed by atoms with van der Waals surface area (Å²) in [5.41, 5.74) is 2.46. The minimum Gasteiger partial charge on any atom is -0.507 e. The van der Waals surface area contributed by atoms with E-state index < -0.39 is 34.7 Å². The summed E-state index contributed by atoms with van der Waals surface area (Å²) in [6, 6.07) is 10.1. The Kier molecular flexibility index (Phi) is 8.78. The van der Waals surface area contributed by atoms with Crippen LogP contribution >= 0.6 is 0 Å². The molecule has 1 amide bonds. The molecule has 5 aromatic carbocycles. The van der Waals surface area contributed by atoms with Gasteiger partial charge in [-0.15, -0.1) is 0 Å². The first-order valence-electron chi connectivity index (χ1n) is 16.7. The van der Waals surface area contributed by atoms with Gasteiger partial charge < -0.3 is 35.4 Å². The van der Waals surface area contributed by atoms with Gasteiger partial charge in [-0.2, -0.15) is 10.1 Å². The smallest absolute Gasteiger partial charge is 0.280 e. The molecule has 0 fully saturated rings. The largest absolute Gasteiger partial charge is 0.507 e. The molecule has 0 unspecified atom stereocenters. The standard InChI is InChI=1S/C41H40N2O9/c1-17(2)29-25-13-19(5)31(32-20(6)14-26-30(18(3)4)40(50)36(46)28(16-44)34(26)38(32)48)37(47)33(25)27(35(45)39(29)49)15-24-21(7)42-43(41(24)51)22-9-11-23(52-8)12-10-22/h9-18,45-50H,1-8H3/b24-15-. The number of anilines is 1. The van der Waals surface area contributed by atoms with E-state index in [1.807, 2.05) is 13.8 Å². The number of phenolic OH excluding ortho intramolecular Hbond substituents is 6. The first kappa shape index (κ1) is 35.6. The number of carbonyl (C=O) groups excluding carboxylic acids is 2. The maximum atomic E-state index is 13.8. The number of phenols is 6. The average Bonchev–Trinajstić information content (AvgIpc) is 3.37. The molecule has 1 aliphatic heterocycles. The van der Waals surface area contributed by atoms with Crippen molar-refractivity contribution in [2.24, 2.45) is 5.10 Å². The molecule has 0 atom stereocenters. The number of benzene rings is 5. The summed E-state index contributed by atoms with van der Waals surface area (Å²) in [5.74, 6) is -3.44. The molecule has 268 valence electrons. The number of nitrogens with zero attached hydrogens (tertiary/aromatic N) is 2. The summed E-state index contributed by atoms with van der Waals surface area (Å²) in [5, 5.41) is 75.5. The molecular formula is C41H40N2O9. The second kappa shape index (κ2) is 12.8. The van der Waals surface area contributed by atoms with Crippen LogP contribution in [-0.2, 0) is 4.79 Å². The molecule has 5 aromatic rings. The molecule has 0 spiro atoms. The third-order valence-electron chi connectivity index (χ3n) is 9.78. The highest BCUT2D eigenvalue weighted by Crippen LogP contribution is 2.55. The zero-order valence-corrected chi connectivity index (χ0v) is 30.1. The first-order valence-corrected chi connectivity index (χ1v) is 16.7. The van der Waals surface area contributed by atoms with Crippen LogP contribution in [0.5, 0.6) is 40.2 Å². The van der Waals surface area contributed by atoms with E-state index in [0.717, 1.165) is 0 Å². The van der Waals surface area contributed by atoms with Crippen LogP contribution < -0.4 is 9.75 Å². The zero-order chi connectivity index (χ0) is 38.1. The fourth-order valence-electron chi connectivity index (χ4n) is 7.35. The number of aryl methyl sites for hydroxylation is 2. The zero-order valence-electron chi connectivity index (χ0n) is 30.1. The molecule has 11 heteroatoms. The highest BCUT2D eigenvalue weighted by molar-refractivity contribution is 6.32. The van der Waals surface area contributed by atoms with Crippen LogP contribution in [-0.4, -0.2) is 55.7 Å². The number of hydrogen-bond donors (Lipinski definition) is 6. The van der Waals surface area contributed by atoms with Crippen molar-refractivity contribution in [2.45, 2.75) is 60.3 Å². The maximum Gasteiger partial charge on any atom is 0.280 e. The topological polar surface area (TPSA) is 180 Å². The molecular weight excluding hydrogens is 664 g/mol. The number of fused-ring (bicyclic) bond motifs is 2. The highest BCUT2D eigenvalue weighted by atomic mass is 16.5. The number of methoxy groups -OCH3 is 1. The van der Waals surface area contributed by atoms with Gasteiger partial charge in [-0.3, -0.25) is 9.59 Å². The quantitative estimate of drug-likeness (QED) is 0.0551. The molecule has 0 bridgehead atoms. The van der Waals surface area contributed by atoms with Gasteiger partial charge in [-0.25, -0.2) is 0 Å². The van der Waals surface area contributed by atoms with Crippen LogP contribution in [0.4, 0.5) is 5.69 Å². The minimum atomic E-state index is -0.673. The summed E-state index contributed by atoms with van der Waals surface area (Å²) in [4.78, 5) is 26.1. The molecule has 1 aliphatic rings. The van der Waals surface area contributed by atoms with Crippen LogP contribution in [0.25, 0.3) is 38.7 Å².